The van der Waals surface area contributed by atoms with Gasteiger partial charge in [-0.25, -0.2) is 13.5 Å². The highest BCUT2D eigenvalue weighted by Crippen LogP contribution is 2.37. The van der Waals surface area contributed by atoms with Crippen LogP contribution in [0, 0.1) is 26.7 Å². The van der Waals surface area contributed by atoms with Gasteiger partial charge in [-0.3, -0.25) is 4.79 Å². The molecule has 1 heterocycles. The van der Waals surface area contributed by atoms with Crippen LogP contribution in [0.5, 0.6) is 0 Å². The lowest BCUT2D eigenvalue weighted by Gasteiger charge is -2.32. The van der Waals surface area contributed by atoms with Gasteiger partial charge in [0, 0.05) is 13.1 Å². The Morgan fingerprint density at radius 3 is 2.24 bits per heavy atom. The summed E-state index contributed by atoms with van der Waals surface area (Å²) in [6.45, 7) is 12.0. The number of halogens is 3. The summed E-state index contributed by atoms with van der Waals surface area (Å²) in [4.78, 5) is 14.7. The molecule has 3 rings (SSSR count). The van der Waals surface area contributed by atoms with Gasteiger partial charge in [0.25, 0.3) is 12.3 Å². The van der Waals surface area contributed by atoms with Crippen LogP contribution in [0.25, 0.3) is 5.57 Å². The third kappa shape index (κ3) is 3.82. The van der Waals surface area contributed by atoms with Crippen molar-refractivity contribution in [3.05, 3.63) is 58.2 Å². The fourth-order valence-electron chi connectivity index (χ4n) is 4.08. The smallest absolute Gasteiger partial charge is 0.283 e. The molecule has 1 unspecified atom stereocenters. The number of carbonyl (C=O) groups excluding carboxylic acids is 1. The van der Waals surface area contributed by atoms with Crippen LogP contribution in [-0.4, -0.2) is 32.7 Å². The number of aromatic nitrogens is 2. The molecule has 156 valence electrons. The number of aryl methyl sites for hydroxylation is 4. The molecule has 1 saturated carbocycles. The number of carbonyl (C=O) groups is 1. The van der Waals surface area contributed by atoms with Crippen molar-refractivity contribution in [1.29, 1.82) is 0 Å². The molecule has 0 N–H and O–H groups in total. The third-order valence-electron chi connectivity index (χ3n) is 5.52. The second kappa shape index (κ2) is 7.69. The van der Waals surface area contributed by atoms with Crippen molar-refractivity contribution >= 4 is 11.5 Å². The molecule has 4 nitrogen and oxygen atoms in total. The van der Waals surface area contributed by atoms with Crippen LogP contribution >= 0.6 is 0 Å². The van der Waals surface area contributed by atoms with Crippen LogP contribution in [0.3, 0.4) is 0 Å². The van der Waals surface area contributed by atoms with Crippen LogP contribution in [0.2, 0.25) is 0 Å². The average Bonchev–Trinajstić information content (AvgIpc) is 3.39. The minimum atomic E-state index is -3.04. The van der Waals surface area contributed by atoms with Gasteiger partial charge in [-0.2, -0.15) is 9.49 Å². The van der Waals surface area contributed by atoms with Crippen molar-refractivity contribution in [3.8, 4) is 0 Å². The maximum absolute atomic E-state index is 14.5. The molecule has 1 fully saturated rings. The standard InChI is InChI=1S/C22H26F3N3O/c1-11-9-12(2)17(13(3)10-11)14(4)15(5)28(16-7-8-16)22(29)18-19(20(23)24)26-27(6)21(18)25/h9-10,15-16,20H,4,7-8H2,1-3,5-6H3. The Kier molecular flexibility index (Phi) is 5.61. The van der Waals surface area contributed by atoms with E-state index in [1.807, 2.05) is 39.8 Å². The molecule has 2 aromatic rings. The summed E-state index contributed by atoms with van der Waals surface area (Å²) in [6.07, 6.45) is -1.53. The Morgan fingerprint density at radius 1 is 1.21 bits per heavy atom. The summed E-state index contributed by atoms with van der Waals surface area (Å²) in [5.41, 5.74) is 3.38. The molecule has 29 heavy (non-hydrogen) atoms. The lowest BCUT2D eigenvalue weighted by atomic mass is 9.90. The SMILES string of the molecule is C=C(c1c(C)cc(C)cc1C)C(C)N(C(=O)c1c(C(F)F)nn(C)c1F)C1CC1. The number of rotatable bonds is 6. The monoisotopic (exact) mass is 405 g/mol. The third-order valence-corrected chi connectivity index (χ3v) is 5.52. The van der Waals surface area contributed by atoms with Crippen molar-refractivity contribution in [2.75, 3.05) is 0 Å². The zero-order valence-corrected chi connectivity index (χ0v) is 17.4. The number of hydrogen-bond acceptors (Lipinski definition) is 2. The lowest BCUT2D eigenvalue weighted by molar-refractivity contribution is 0.0698. The predicted octanol–water partition coefficient (Wildman–Crippen LogP) is 5.13. The number of benzene rings is 1. The van der Waals surface area contributed by atoms with Crippen molar-refractivity contribution in [2.24, 2.45) is 7.05 Å². The van der Waals surface area contributed by atoms with E-state index in [2.05, 4.69) is 11.7 Å². The molecular formula is C22H26F3N3O. The summed E-state index contributed by atoms with van der Waals surface area (Å²) in [5.74, 6) is -1.80. The first kappa shape index (κ1) is 21.1. The van der Waals surface area contributed by atoms with Gasteiger partial charge < -0.3 is 4.90 Å². The highest BCUT2D eigenvalue weighted by Gasteiger charge is 2.41. The summed E-state index contributed by atoms with van der Waals surface area (Å²) in [6, 6.07) is 3.49. The van der Waals surface area contributed by atoms with E-state index in [1.54, 1.807) is 0 Å². The summed E-state index contributed by atoms with van der Waals surface area (Å²) in [7, 11) is 1.21. The van der Waals surface area contributed by atoms with Gasteiger partial charge in [-0.15, -0.1) is 0 Å². The second-order valence-corrected chi connectivity index (χ2v) is 7.89. The number of hydrogen-bond donors (Lipinski definition) is 0. The normalized spacial score (nSPS) is 14.9. The molecule has 0 bridgehead atoms. The second-order valence-electron chi connectivity index (χ2n) is 7.89. The fourth-order valence-corrected chi connectivity index (χ4v) is 4.08. The fraction of sp³-hybridized carbons (Fsp3) is 0.455. The number of alkyl halides is 2. The Hall–Kier alpha value is -2.57. The minimum Gasteiger partial charge on any atom is -0.329 e. The molecular weight excluding hydrogens is 379 g/mol. The largest absolute Gasteiger partial charge is 0.329 e. The molecule has 1 aliphatic rings. The van der Waals surface area contributed by atoms with Crippen LogP contribution in [-0.2, 0) is 7.05 Å². The molecule has 0 radical (unpaired) electrons. The molecule has 0 spiro atoms. The average molecular weight is 405 g/mol. The lowest BCUT2D eigenvalue weighted by Crippen LogP contribution is -2.41. The van der Waals surface area contributed by atoms with Crippen molar-refractivity contribution in [2.45, 2.75) is 59.0 Å². The summed E-state index contributed by atoms with van der Waals surface area (Å²) >= 11 is 0. The van der Waals surface area contributed by atoms with Crippen molar-refractivity contribution < 1.29 is 18.0 Å². The first-order valence-electron chi connectivity index (χ1n) is 9.64. The maximum atomic E-state index is 14.5. The van der Waals surface area contributed by atoms with Gasteiger partial charge in [0.2, 0.25) is 5.95 Å². The first-order valence-corrected chi connectivity index (χ1v) is 9.64. The zero-order valence-electron chi connectivity index (χ0n) is 17.4. The highest BCUT2D eigenvalue weighted by molar-refractivity contribution is 5.97. The van der Waals surface area contributed by atoms with Crippen molar-refractivity contribution in [3.63, 3.8) is 0 Å². The molecule has 1 aromatic carbocycles. The molecule has 0 saturated heterocycles. The van der Waals surface area contributed by atoms with Crippen LogP contribution in [0.15, 0.2) is 18.7 Å². The van der Waals surface area contributed by atoms with E-state index < -0.39 is 35.6 Å². The van der Waals surface area contributed by atoms with Gasteiger partial charge in [-0.1, -0.05) is 24.3 Å². The summed E-state index contributed by atoms with van der Waals surface area (Å²) in [5, 5.41) is 3.51. The Bertz CT molecular complexity index is 953. The van der Waals surface area contributed by atoms with Gasteiger partial charge in [-0.05, 0) is 62.8 Å². The van der Waals surface area contributed by atoms with Gasteiger partial charge in [0.05, 0.1) is 6.04 Å². The topological polar surface area (TPSA) is 38.1 Å². The van der Waals surface area contributed by atoms with E-state index in [1.165, 1.54) is 11.9 Å². The predicted molar refractivity (Wildman–Crippen MR) is 106 cm³/mol. The molecule has 1 aliphatic carbocycles. The Labute approximate surface area is 169 Å². The molecule has 0 aliphatic heterocycles. The molecule has 1 amide bonds. The molecule has 7 heteroatoms. The quantitative estimate of drug-likeness (QED) is 0.668. The van der Waals surface area contributed by atoms with E-state index in [-0.39, 0.29) is 6.04 Å². The van der Waals surface area contributed by atoms with E-state index in [9.17, 15) is 18.0 Å². The van der Waals surface area contributed by atoms with Gasteiger partial charge >= 0.3 is 0 Å². The molecule has 1 aromatic heterocycles. The van der Waals surface area contributed by atoms with Crippen LogP contribution in [0.4, 0.5) is 13.2 Å². The van der Waals surface area contributed by atoms with Gasteiger partial charge in [0.1, 0.15) is 11.3 Å². The van der Waals surface area contributed by atoms with E-state index in [0.717, 1.165) is 35.1 Å². The number of amides is 1. The first-order chi connectivity index (χ1) is 13.5. The minimum absolute atomic E-state index is 0.120. The maximum Gasteiger partial charge on any atom is 0.283 e. The van der Waals surface area contributed by atoms with Gasteiger partial charge in [0.15, 0.2) is 0 Å². The molecule has 1 atom stereocenters. The summed E-state index contributed by atoms with van der Waals surface area (Å²) < 4.78 is 42.0. The van der Waals surface area contributed by atoms with E-state index in [0.29, 0.717) is 10.3 Å². The van der Waals surface area contributed by atoms with Crippen molar-refractivity contribution in [1.82, 2.24) is 14.7 Å². The van der Waals surface area contributed by atoms with Crippen LogP contribution < -0.4 is 0 Å². The van der Waals surface area contributed by atoms with Crippen LogP contribution in [0.1, 0.15) is 64.5 Å². The van der Waals surface area contributed by atoms with E-state index >= 15 is 0 Å². The Morgan fingerprint density at radius 2 is 1.76 bits per heavy atom. The number of nitrogens with zero attached hydrogens (tertiary/aromatic N) is 3. The highest BCUT2D eigenvalue weighted by atomic mass is 19.3. The van der Waals surface area contributed by atoms with E-state index in [4.69, 9.17) is 0 Å². The zero-order chi connectivity index (χ0) is 21.6. The Balaban J connectivity index is 2.02.